The lowest BCUT2D eigenvalue weighted by Crippen LogP contribution is -2.32. The number of para-hydroxylation sites is 1. The third-order valence-corrected chi connectivity index (χ3v) is 6.43. The molecular weight excluding hydrogens is 467 g/mol. The molecule has 2 N–H and O–H groups in total. The van der Waals surface area contributed by atoms with Gasteiger partial charge >= 0.3 is 7.82 Å². The highest BCUT2D eigenvalue weighted by Gasteiger charge is 2.56. The number of hydrogen-bond donors (Lipinski definition) is 1. The third kappa shape index (κ3) is 4.67. The Labute approximate surface area is 188 Å². The fourth-order valence-corrected chi connectivity index (χ4v) is 4.63. The molecule has 2 fully saturated rings. The lowest BCUT2D eigenvalue weighted by atomic mass is 10.1. The molecule has 0 bridgehead atoms. The van der Waals surface area contributed by atoms with E-state index in [9.17, 15) is 9.36 Å². The highest BCUT2D eigenvalue weighted by Crippen LogP contribution is 2.51. The zero-order chi connectivity index (χ0) is 23.1. The summed E-state index contributed by atoms with van der Waals surface area (Å²) in [5.41, 5.74) is 5.23. The summed E-state index contributed by atoms with van der Waals surface area (Å²) < 4.78 is 48.1. The van der Waals surface area contributed by atoms with Crippen LogP contribution in [0.3, 0.4) is 0 Å². The van der Waals surface area contributed by atoms with E-state index in [4.69, 9.17) is 45.1 Å². The van der Waals surface area contributed by atoms with Crippen molar-refractivity contribution in [1.29, 1.82) is 0 Å². The van der Waals surface area contributed by atoms with E-state index in [1.165, 1.54) is 24.2 Å². The van der Waals surface area contributed by atoms with E-state index in [0.717, 1.165) is 0 Å². The fourth-order valence-electron chi connectivity index (χ4n) is 3.44. The number of halogens is 1. The first kappa shape index (κ1) is 23.1. The molecular formula is C18H22ClN4O8P. The molecule has 0 aliphatic carbocycles. The van der Waals surface area contributed by atoms with E-state index >= 15 is 0 Å². The van der Waals surface area contributed by atoms with Gasteiger partial charge < -0.3 is 24.5 Å². The molecule has 4 rings (SSSR count). The number of aromatic nitrogens is 3. The highest BCUT2D eigenvalue weighted by atomic mass is 35.5. The molecule has 32 heavy (non-hydrogen) atoms. The van der Waals surface area contributed by atoms with Crippen LogP contribution in [0.5, 0.6) is 5.75 Å². The van der Waals surface area contributed by atoms with Gasteiger partial charge in [0, 0.05) is 7.11 Å². The predicted octanol–water partition coefficient (Wildman–Crippen LogP) is 2.30. The number of fused-ring (bicyclic) bond motifs is 1. The Kier molecular flexibility index (Phi) is 6.29. The molecule has 2 aromatic rings. The van der Waals surface area contributed by atoms with Crippen LogP contribution in [0.25, 0.3) is 0 Å². The maximum absolute atomic E-state index is 13.0. The van der Waals surface area contributed by atoms with Gasteiger partial charge in [0.15, 0.2) is 12.0 Å². The summed E-state index contributed by atoms with van der Waals surface area (Å²) in [6.07, 6.45) is -1.41. The number of nitrogens with two attached hydrogens (primary N) is 1. The van der Waals surface area contributed by atoms with Crippen molar-refractivity contribution >= 4 is 25.3 Å². The lowest BCUT2D eigenvalue weighted by molar-refractivity contribution is -0.201. The van der Waals surface area contributed by atoms with Crippen molar-refractivity contribution in [3.05, 3.63) is 41.4 Å². The molecule has 3 heterocycles. The van der Waals surface area contributed by atoms with Crippen molar-refractivity contribution in [2.75, 3.05) is 13.7 Å². The molecule has 1 aromatic carbocycles. The number of primary amides is 1. The van der Waals surface area contributed by atoms with Crippen LogP contribution in [-0.4, -0.2) is 58.5 Å². The summed E-state index contributed by atoms with van der Waals surface area (Å²) in [6.45, 7) is 3.28. The smallest absolute Gasteiger partial charge is 0.402 e. The summed E-state index contributed by atoms with van der Waals surface area (Å²) in [6, 6.07) is 6.48. The minimum Gasteiger partial charge on any atom is -0.402 e. The van der Waals surface area contributed by atoms with E-state index in [0.29, 0.717) is 0 Å². The first-order valence-corrected chi connectivity index (χ1v) is 11.4. The normalized spacial score (nSPS) is 28.2. The average Bonchev–Trinajstić information content (AvgIpc) is 3.42. The van der Waals surface area contributed by atoms with Gasteiger partial charge in [0.05, 0.1) is 11.6 Å². The van der Waals surface area contributed by atoms with Crippen LogP contribution in [0.15, 0.2) is 30.6 Å². The number of phosphoric ester groups is 1. The van der Waals surface area contributed by atoms with Crippen LogP contribution >= 0.6 is 19.4 Å². The number of amides is 1. The van der Waals surface area contributed by atoms with E-state index in [1.54, 1.807) is 32.0 Å². The second-order valence-electron chi connectivity index (χ2n) is 7.49. The van der Waals surface area contributed by atoms with Crippen LogP contribution in [0.1, 0.15) is 30.7 Å². The van der Waals surface area contributed by atoms with Gasteiger partial charge in [-0.15, -0.1) is 5.10 Å². The molecule has 12 nitrogen and oxygen atoms in total. The molecule has 5 atom stereocenters. The number of benzene rings is 1. The zero-order valence-electron chi connectivity index (χ0n) is 17.4. The number of nitrogens with zero attached hydrogens (tertiary/aromatic N) is 3. The van der Waals surface area contributed by atoms with Gasteiger partial charge in [0.25, 0.3) is 5.91 Å². The molecule has 0 saturated carbocycles. The second-order valence-corrected chi connectivity index (χ2v) is 9.60. The maximum atomic E-state index is 13.0. The second kappa shape index (κ2) is 8.71. The SMILES string of the molecule is COP(=O)(OC[C@H]1O[C@@H](n2cnc(C(N)=O)n2)[C@@H]2OC(C)(C)O[C@@H]21)Oc1ccccc1Cl. The first-order valence-electron chi connectivity index (χ1n) is 9.57. The van der Waals surface area contributed by atoms with Gasteiger partial charge in [-0.3, -0.25) is 13.8 Å². The van der Waals surface area contributed by atoms with Crippen molar-refractivity contribution in [2.45, 2.75) is 44.2 Å². The van der Waals surface area contributed by atoms with Gasteiger partial charge in [0.1, 0.15) is 30.4 Å². The Balaban J connectivity index is 1.50. The molecule has 2 aliphatic heterocycles. The van der Waals surface area contributed by atoms with Gasteiger partial charge in [-0.1, -0.05) is 23.7 Å². The lowest BCUT2D eigenvalue weighted by Gasteiger charge is -2.25. The van der Waals surface area contributed by atoms with Gasteiger partial charge in [0.2, 0.25) is 5.82 Å². The Morgan fingerprint density at radius 1 is 1.31 bits per heavy atom. The zero-order valence-corrected chi connectivity index (χ0v) is 19.1. The van der Waals surface area contributed by atoms with E-state index < -0.39 is 44.1 Å². The number of carbonyl (C=O) groups is 1. The molecule has 1 aromatic heterocycles. The molecule has 2 saturated heterocycles. The molecule has 2 aliphatic rings. The van der Waals surface area contributed by atoms with E-state index in [-0.39, 0.29) is 23.2 Å². The molecule has 0 spiro atoms. The number of rotatable bonds is 8. The Morgan fingerprint density at radius 2 is 2.03 bits per heavy atom. The Bertz CT molecular complexity index is 1050. The molecule has 14 heteroatoms. The van der Waals surface area contributed by atoms with Gasteiger partial charge in [-0.25, -0.2) is 14.2 Å². The minimum atomic E-state index is -4.03. The predicted molar refractivity (Wildman–Crippen MR) is 109 cm³/mol. The summed E-state index contributed by atoms with van der Waals surface area (Å²) >= 11 is 6.06. The number of carbonyl (C=O) groups excluding carboxylic acids is 1. The quantitative estimate of drug-likeness (QED) is 0.549. The van der Waals surface area contributed by atoms with Gasteiger partial charge in [-0.05, 0) is 26.0 Å². The van der Waals surface area contributed by atoms with E-state index in [2.05, 4.69) is 10.1 Å². The maximum Gasteiger partial charge on any atom is 0.529 e. The average molecular weight is 489 g/mol. The fraction of sp³-hybridized carbons (Fsp3) is 0.500. The van der Waals surface area contributed by atoms with Crippen LogP contribution in [0, 0.1) is 0 Å². The van der Waals surface area contributed by atoms with Crippen molar-refractivity contribution < 1.29 is 37.1 Å². The minimum absolute atomic E-state index is 0.144. The number of phosphoric acid groups is 1. The first-order chi connectivity index (χ1) is 15.1. The largest absolute Gasteiger partial charge is 0.529 e. The summed E-state index contributed by atoms with van der Waals surface area (Å²) in [5, 5.41) is 4.28. The molecule has 1 amide bonds. The summed E-state index contributed by atoms with van der Waals surface area (Å²) in [7, 11) is -2.84. The van der Waals surface area contributed by atoms with Crippen molar-refractivity contribution in [3.8, 4) is 5.75 Å². The topological polar surface area (TPSA) is 146 Å². The number of hydrogen-bond acceptors (Lipinski definition) is 10. The van der Waals surface area contributed by atoms with Gasteiger partial charge in [-0.2, -0.15) is 0 Å². The third-order valence-electron chi connectivity index (χ3n) is 4.78. The number of ether oxygens (including phenoxy) is 3. The summed E-state index contributed by atoms with van der Waals surface area (Å²) in [4.78, 5) is 15.2. The Morgan fingerprint density at radius 3 is 2.69 bits per heavy atom. The van der Waals surface area contributed by atoms with E-state index in [1.807, 2.05) is 0 Å². The summed E-state index contributed by atoms with van der Waals surface area (Å²) in [5.74, 6) is -1.72. The van der Waals surface area contributed by atoms with Crippen LogP contribution in [0.4, 0.5) is 0 Å². The molecule has 0 radical (unpaired) electrons. The molecule has 1 unspecified atom stereocenters. The Hall–Kier alpha value is -2.05. The molecule has 174 valence electrons. The monoisotopic (exact) mass is 488 g/mol. The standard InChI is InChI=1S/C18H22ClN4O8P/c1-18(2)29-13-12(8-27-32(25,26-3)31-11-7-5-4-6-10(11)19)28-17(14(13)30-18)23-9-21-16(22-23)15(20)24/h4-7,9,12-14,17H,8H2,1-3H3,(H2,20,24)/t12-,13-,14-,17-,32?/m1/s1. The van der Waals surface area contributed by atoms with Crippen molar-refractivity contribution in [2.24, 2.45) is 5.73 Å². The van der Waals surface area contributed by atoms with Crippen LogP contribution < -0.4 is 10.3 Å². The van der Waals surface area contributed by atoms with Crippen LogP contribution in [0.2, 0.25) is 5.02 Å². The van der Waals surface area contributed by atoms with Crippen molar-refractivity contribution in [1.82, 2.24) is 14.8 Å². The highest BCUT2D eigenvalue weighted by molar-refractivity contribution is 7.48. The van der Waals surface area contributed by atoms with Crippen molar-refractivity contribution in [3.63, 3.8) is 0 Å². The van der Waals surface area contributed by atoms with Crippen LogP contribution in [-0.2, 0) is 27.8 Å².